The van der Waals surface area contributed by atoms with E-state index in [1.807, 2.05) is 0 Å². The molecule has 1 saturated heterocycles. The molecule has 2 atom stereocenters. The molecule has 0 aliphatic carbocycles. The molecule has 1 aromatic rings. The van der Waals surface area contributed by atoms with Gasteiger partial charge in [-0.2, -0.15) is 5.26 Å². The summed E-state index contributed by atoms with van der Waals surface area (Å²) >= 11 is 0. The number of fused-ring (bicyclic) bond motifs is 1. The highest BCUT2D eigenvalue weighted by Gasteiger charge is 2.47. The van der Waals surface area contributed by atoms with Gasteiger partial charge in [-0.05, 0) is 32.0 Å². The molecule has 0 radical (unpaired) electrons. The third-order valence-electron chi connectivity index (χ3n) is 5.43. The van der Waals surface area contributed by atoms with Crippen LogP contribution in [0.4, 0.5) is 0 Å². The molecule has 1 amide bonds. The van der Waals surface area contributed by atoms with Gasteiger partial charge in [-0.1, -0.05) is 0 Å². The van der Waals surface area contributed by atoms with Crippen LogP contribution in [0.2, 0.25) is 0 Å². The maximum absolute atomic E-state index is 12.9. The van der Waals surface area contributed by atoms with Crippen molar-refractivity contribution in [1.29, 1.82) is 5.26 Å². The third kappa shape index (κ3) is 4.56. The Bertz CT molecular complexity index is 850. The van der Waals surface area contributed by atoms with E-state index in [9.17, 15) is 20.0 Å². The van der Waals surface area contributed by atoms with Gasteiger partial charge in [-0.3, -0.25) is 14.5 Å². The molecular formula is C21H27N3O6. The molecule has 2 aliphatic heterocycles. The number of hydrogen-bond acceptors (Lipinski definition) is 8. The molecule has 9 nitrogen and oxygen atoms in total. The number of amides is 1. The van der Waals surface area contributed by atoms with E-state index in [1.54, 1.807) is 41.8 Å². The van der Waals surface area contributed by atoms with E-state index in [1.165, 1.54) is 0 Å². The molecular weight excluding hydrogens is 390 g/mol. The molecule has 0 unspecified atom stereocenters. The number of ether oxygens (including phenoxy) is 2. The van der Waals surface area contributed by atoms with Crippen molar-refractivity contribution in [3.63, 3.8) is 0 Å². The Hall–Kier alpha value is -2.67. The maximum atomic E-state index is 12.9. The molecule has 2 N–H and O–H groups in total. The largest absolute Gasteiger partial charge is 0.485 e. The summed E-state index contributed by atoms with van der Waals surface area (Å²) in [6.45, 7) is 4.38. The Labute approximate surface area is 175 Å². The lowest BCUT2D eigenvalue weighted by Crippen LogP contribution is -2.59. The summed E-state index contributed by atoms with van der Waals surface area (Å²) in [7, 11) is 0. The van der Waals surface area contributed by atoms with Crippen molar-refractivity contribution in [1.82, 2.24) is 9.80 Å². The van der Waals surface area contributed by atoms with Crippen LogP contribution in [0.5, 0.6) is 5.75 Å². The van der Waals surface area contributed by atoms with Gasteiger partial charge in [0, 0.05) is 31.7 Å². The average Bonchev–Trinajstić information content (AvgIpc) is 2.70. The first-order valence-electron chi connectivity index (χ1n) is 9.96. The predicted octanol–water partition coefficient (Wildman–Crippen LogP) is 0.201. The Morgan fingerprint density at radius 3 is 2.83 bits per heavy atom. The number of benzene rings is 1. The highest BCUT2D eigenvalue weighted by atomic mass is 16.5. The zero-order valence-electron chi connectivity index (χ0n) is 17.2. The summed E-state index contributed by atoms with van der Waals surface area (Å²) < 4.78 is 10.9. The molecule has 0 spiro atoms. The van der Waals surface area contributed by atoms with Crippen molar-refractivity contribution in [2.45, 2.75) is 38.0 Å². The minimum Gasteiger partial charge on any atom is -0.485 e. The van der Waals surface area contributed by atoms with Gasteiger partial charge in [0.15, 0.2) is 0 Å². The van der Waals surface area contributed by atoms with Crippen molar-refractivity contribution < 1.29 is 29.3 Å². The van der Waals surface area contributed by atoms with Crippen molar-refractivity contribution in [2.24, 2.45) is 0 Å². The smallest absolute Gasteiger partial charge is 0.320 e. The molecule has 2 aliphatic rings. The maximum Gasteiger partial charge on any atom is 0.320 e. The van der Waals surface area contributed by atoms with Gasteiger partial charge in [-0.15, -0.1) is 0 Å². The van der Waals surface area contributed by atoms with Gasteiger partial charge in [0.2, 0.25) is 5.91 Å². The number of rotatable bonds is 6. The van der Waals surface area contributed by atoms with E-state index >= 15 is 0 Å². The molecule has 2 heterocycles. The van der Waals surface area contributed by atoms with E-state index in [-0.39, 0.29) is 32.2 Å². The zero-order chi connectivity index (χ0) is 21.9. The van der Waals surface area contributed by atoms with Gasteiger partial charge in [-0.25, -0.2) is 0 Å². The Kier molecular flexibility index (Phi) is 6.61. The van der Waals surface area contributed by atoms with Crippen LogP contribution >= 0.6 is 0 Å². The first kappa shape index (κ1) is 22.0. The summed E-state index contributed by atoms with van der Waals surface area (Å²) in [6, 6.07) is 6.42. The summed E-state index contributed by atoms with van der Waals surface area (Å²) in [5.74, 6) is -0.127. The fraction of sp³-hybridized carbons (Fsp3) is 0.571. The molecule has 0 bridgehead atoms. The van der Waals surface area contributed by atoms with E-state index < -0.39 is 23.7 Å². The summed E-state index contributed by atoms with van der Waals surface area (Å²) in [6.07, 6.45) is -0.613. The molecule has 3 rings (SSSR count). The van der Waals surface area contributed by atoms with Crippen LogP contribution in [0.1, 0.15) is 37.4 Å². The molecule has 0 aromatic heterocycles. The monoisotopic (exact) mass is 417 g/mol. The van der Waals surface area contributed by atoms with Crippen LogP contribution in [0.3, 0.4) is 0 Å². The number of nitriles is 1. The minimum absolute atomic E-state index is 0.0119. The highest BCUT2D eigenvalue weighted by molar-refractivity contribution is 5.81. The van der Waals surface area contributed by atoms with Crippen molar-refractivity contribution in [3.05, 3.63) is 29.3 Å². The summed E-state index contributed by atoms with van der Waals surface area (Å²) in [4.78, 5) is 28.1. The predicted molar refractivity (Wildman–Crippen MR) is 105 cm³/mol. The van der Waals surface area contributed by atoms with Gasteiger partial charge in [0.05, 0.1) is 37.4 Å². The van der Waals surface area contributed by atoms with Gasteiger partial charge < -0.3 is 24.6 Å². The normalized spacial score (nSPS) is 23.3. The standard InChI is InChI=1S/C21H27N3O6/c1-21(2)20(28)19(15-10-14(11-22)4-5-16(15)30-21)24-7-6-23(12-17(24)26)13-18(27)29-9-3-8-25/h4-5,10,19-20,25,28H,3,6-9,12-13H2,1-2H3/t19-,20+/m1/s1. The lowest BCUT2D eigenvalue weighted by Gasteiger charge is -2.48. The quantitative estimate of drug-likeness (QED) is 0.497. The van der Waals surface area contributed by atoms with E-state index in [0.717, 1.165) is 0 Å². The van der Waals surface area contributed by atoms with Gasteiger partial charge >= 0.3 is 5.97 Å². The minimum atomic E-state index is -0.988. The number of esters is 1. The lowest BCUT2D eigenvalue weighted by atomic mass is 9.84. The second-order valence-corrected chi connectivity index (χ2v) is 8.06. The number of aliphatic hydroxyl groups excluding tert-OH is 2. The molecule has 0 saturated carbocycles. The van der Waals surface area contributed by atoms with Crippen LogP contribution in [-0.2, 0) is 14.3 Å². The molecule has 162 valence electrons. The molecule has 9 heteroatoms. The van der Waals surface area contributed by atoms with Crippen LogP contribution < -0.4 is 4.74 Å². The fourth-order valence-corrected chi connectivity index (χ4v) is 3.82. The van der Waals surface area contributed by atoms with E-state index in [0.29, 0.717) is 36.4 Å². The number of carbonyl (C=O) groups excluding carboxylic acids is 2. The average molecular weight is 417 g/mol. The van der Waals surface area contributed by atoms with E-state index in [2.05, 4.69) is 6.07 Å². The SMILES string of the molecule is CC1(C)Oc2ccc(C#N)cc2[C@@H](N2CCN(CC(=O)OCCCO)CC2=O)[C@@H]1O. The molecule has 30 heavy (non-hydrogen) atoms. The highest BCUT2D eigenvalue weighted by Crippen LogP contribution is 2.43. The van der Waals surface area contributed by atoms with Crippen LogP contribution in [0, 0.1) is 11.3 Å². The number of carbonyl (C=O) groups is 2. The number of piperazine rings is 1. The Morgan fingerprint density at radius 2 is 2.17 bits per heavy atom. The van der Waals surface area contributed by atoms with Gasteiger partial charge in [0.25, 0.3) is 0 Å². The topological polar surface area (TPSA) is 123 Å². The first-order chi connectivity index (χ1) is 14.3. The Morgan fingerprint density at radius 1 is 1.40 bits per heavy atom. The summed E-state index contributed by atoms with van der Waals surface area (Å²) in [5, 5.41) is 29.0. The second-order valence-electron chi connectivity index (χ2n) is 8.06. The fourth-order valence-electron chi connectivity index (χ4n) is 3.82. The second kappa shape index (κ2) is 9.00. The van der Waals surface area contributed by atoms with Crippen LogP contribution in [0.25, 0.3) is 0 Å². The third-order valence-corrected chi connectivity index (χ3v) is 5.43. The number of nitrogens with zero attached hydrogens (tertiary/aromatic N) is 3. The van der Waals surface area contributed by atoms with Crippen molar-refractivity contribution in [2.75, 3.05) is 39.4 Å². The number of hydrogen-bond donors (Lipinski definition) is 2. The lowest BCUT2D eigenvalue weighted by molar-refractivity contribution is -0.153. The first-order valence-corrected chi connectivity index (χ1v) is 9.96. The molecule has 1 aromatic carbocycles. The van der Waals surface area contributed by atoms with E-state index in [4.69, 9.17) is 14.6 Å². The number of aliphatic hydroxyl groups is 2. The van der Waals surface area contributed by atoms with Gasteiger partial charge in [0.1, 0.15) is 17.5 Å². The summed E-state index contributed by atoms with van der Waals surface area (Å²) in [5.41, 5.74) is 0.108. The Balaban J connectivity index is 1.75. The zero-order valence-corrected chi connectivity index (χ0v) is 17.2. The van der Waals surface area contributed by atoms with Crippen LogP contribution in [0.15, 0.2) is 18.2 Å². The van der Waals surface area contributed by atoms with Crippen molar-refractivity contribution in [3.8, 4) is 11.8 Å². The molecule has 1 fully saturated rings. The van der Waals surface area contributed by atoms with Crippen molar-refractivity contribution >= 4 is 11.9 Å². The van der Waals surface area contributed by atoms with Crippen LogP contribution in [-0.4, -0.2) is 83.0 Å².